The van der Waals surface area contributed by atoms with Crippen molar-refractivity contribution in [2.45, 2.75) is 46.1 Å². The van der Waals surface area contributed by atoms with Crippen molar-refractivity contribution in [2.75, 3.05) is 32.8 Å². The fourth-order valence-corrected chi connectivity index (χ4v) is 2.39. The van der Waals surface area contributed by atoms with Crippen LogP contribution in [-0.4, -0.2) is 77.8 Å². The molecule has 1 aliphatic heterocycles. The molecule has 1 heterocycles. The van der Waals surface area contributed by atoms with Gasteiger partial charge in [0.1, 0.15) is 0 Å². The Bertz CT molecular complexity index is 591. The summed E-state index contributed by atoms with van der Waals surface area (Å²) in [5, 5.41) is 4.59. The summed E-state index contributed by atoms with van der Waals surface area (Å²) >= 11 is 0. The molecule has 0 spiro atoms. The van der Waals surface area contributed by atoms with E-state index in [9.17, 15) is 24.0 Å². The highest BCUT2D eigenvalue weighted by Gasteiger charge is 2.23. The van der Waals surface area contributed by atoms with Crippen LogP contribution in [0.2, 0.25) is 0 Å². The number of imide groups is 1. The summed E-state index contributed by atoms with van der Waals surface area (Å²) in [5.41, 5.74) is -0.503. The van der Waals surface area contributed by atoms with Gasteiger partial charge in [-0.05, 0) is 20.8 Å². The Morgan fingerprint density at radius 2 is 1.48 bits per heavy atom. The van der Waals surface area contributed by atoms with E-state index in [0.717, 1.165) is 0 Å². The molecule has 1 fully saturated rings. The van der Waals surface area contributed by atoms with Gasteiger partial charge in [0.15, 0.2) is 6.61 Å². The average molecular weight is 384 g/mol. The fourth-order valence-electron chi connectivity index (χ4n) is 2.39. The molecule has 152 valence electrons. The maximum Gasteiger partial charge on any atom is 0.321 e. The molecule has 2 N–H and O–H groups in total. The predicted molar refractivity (Wildman–Crippen MR) is 95.5 cm³/mol. The van der Waals surface area contributed by atoms with E-state index in [0.29, 0.717) is 26.2 Å². The molecule has 0 aromatic heterocycles. The van der Waals surface area contributed by atoms with Crippen LogP contribution in [0.5, 0.6) is 0 Å². The molecular weight excluding hydrogens is 356 g/mol. The Balaban J connectivity index is 2.23. The third kappa shape index (κ3) is 9.02. The second-order valence-electron chi connectivity index (χ2n) is 7.30. The van der Waals surface area contributed by atoms with E-state index < -0.39 is 30.1 Å². The molecule has 0 radical (unpaired) electrons. The van der Waals surface area contributed by atoms with Gasteiger partial charge in [0, 0.05) is 45.1 Å². The van der Waals surface area contributed by atoms with Gasteiger partial charge in [-0.2, -0.15) is 0 Å². The molecule has 0 bridgehead atoms. The third-order valence-corrected chi connectivity index (χ3v) is 3.73. The second-order valence-corrected chi connectivity index (χ2v) is 7.30. The zero-order valence-corrected chi connectivity index (χ0v) is 16.3. The average Bonchev–Trinajstić information content (AvgIpc) is 2.56. The van der Waals surface area contributed by atoms with Crippen LogP contribution >= 0.6 is 0 Å². The van der Waals surface area contributed by atoms with Crippen LogP contribution in [0.3, 0.4) is 0 Å². The molecule has 1 saturated heterocycles. The molecule has 0 aromatic carbocycles. The molecule has 0 unspecified atom stereocenters. The largest absolute Gasteiger partial charge is 0.456 e. The molecule has 27 heavy (non-hydrogen) atoms. The lowest BCUT2D eigenvalue weighted by Crippen LogP contribution is -2.50. The van der Waals surface area contributed by atoms with Crippen LogP contribution in [0.25, 0.3) is 0 Å². The van der Waals surface area contributed by atoms with Gasteiger partial charge in [-0.25, -0.2) is 4.79 Å². The van der Waals surface area contributed by atoms with Gasteiger partial charge in [0.2, 0.25) is 11.8 Å². The number of nitrogens with zero attached hydrogens (tertiary/aromatic N) is 2. The number of rotatable bonds is 5. The van der Waals surface area contributed by atoms with Crippen molar-refractivity contribution in [1.29, 1.82) is 0 Å². The van der Waals surface area contributed by atoms with Crippen LogP contribution in [0, 0.1) is 0 Å². The monoisotopic (exact) mass is 384 g/mol. The van der Waals surface area contributed by atoms with Crippen molar-refractivity contribution in [1.82, 2.24) is 20.4 Å². The summed E-state index contributed by atoms with van der Waals surface area (Å²) in [6.45, 7) is 7.97. The first-order chi connectivity index (χ1) is 12.5. The highest BCUT2D eigenvalue weighted by molar-refractivity contribution is 5.95. The Morgan fingerprint density at radius 1 is 0.926 bits per heavy atom. The molecule has 10 heteroatoms. The number of nitrogens with one attached hydrogen (secondary N) is 2. The van der Waals surface area contributed by atoms with Gasteiger partial charge in [0.25, 0.3) is 5.91 Å². The summed E-state index contributed by atoms with van der Waals surface area (Å²) in [6, 6.07) is -0.677. The minimum Gasteiger partial charge on any atom is -0.456 e. The molecule has 1 rings (SSSR count). The second kappa shape index (κ2) is 9.89. The molecule has 0 aromatic rings. The molecule has 0 aliphatic carbocycles. The number of carbonyl (C=O) groups excluding carboxylic acids is 5. The number of amides is 5. The highest BCUT2D eigenvalue weighted by Crippen LogP contribution is 2.06. The van der Waals surface area contributed by atoms with E-state index in [1.807, 2.05) is 5.32 Å². The van der Waals surface area contributed by atoms with Gasteiger partial charge < -0.3 is 19.9 Å². The van der Waals surface area contributed by atoms with Crippen molar-refractivity contribution < 1.29 is 28.7 Å². The number of hydrogen-bond acceptors (Lipinski definition) is 6. The summed E-state index contributed by atoms with van der Waals surface area (Å²) < 4.78 is 4.77. The number of esters is 1. The first-order valence-corrected chi connectivity index (χ1v) is 8.79. The van der Waals surface area contributed by atoms with E-state index in [2.05, 4.69) is 5.32 Å². The number of hydrogen-bond donors (Lipinski definition) is 2. The molecule has 0 saturated carbocycles. The molecule has 0 atom stereocenters. The molecule has 1 aliphatic rings. The van der Waals surface area contributed by atoms with Crippen LogP contribution in [0.1, 0.15) is 40.5 Å². The van der Waals surface area contributed by atoms with Gasteiger partial charge in [-0.1, -0.05) is 0 Å². The fraction of sp³-hybridized carbons (Fsp3) is 0.706. The summed E-state index contributed by atoms with van der Waals surface area (Å²) in [6.07, 6.45) is -0.196. The van der Waals surface area contributed by atoms with Gasteiger partial charge in [-0.3, -0.25) is 24.5 Å². The highest BCUT2D eigenvalue weighted by atomic mass is 16.5. The van der Waals surface area contributed by atoms with Crippen molar-refractivity contribution in [3.8, 4) is 0 Å². The molecule has 5 amide bonds. The number of ether oxygens (including phenoxy) is 1. The van der Waals surface area contributed by atoms with Gasteiger partial charge in [0.05, 0.1) is 6.42 Å². The smallest absolute Gasteiger partial charge is 0.321 e. The summed E-state index contributed by atoms with van der Waals surface area (Å²) in [7, 11) is 0. The molecular formula is C17H28N4O6. The van der Waals surface area contributed by atoms with Crippen LogP contribution in [0.4, 0.5) is 4.79 Å². The zero-order valence-electron chi connectivity index (χ0n) is 16.3. The maximum absolute atomic E-state index is 12.1. The Labute approximate surface area is 158 Å². The maximum atomic E-state index is 12.1. The van der Waals surface area contributed by atoms with Crippen LogP contribution in [0.15, 0.2) is 0 Å². The van der Waals surface area contributed by atoms with Gasteiger partial charge >= 0.3 is 12.0 Å². The lowest BCUT2D eigenvalue weighted by atomic mass is 10.1. The van der Waals surface area contributed by atoms with Crippen molar-refractivity contribution in [3.63, 3.8) is 0 Å². The Morgan fingerprint density at radius 3 is 2.00 bits per heavy atom. The predicted octanol–water partition coefficient (Wildman–Crippen LogP) is -0.375. The normalized spacial score (nSPS) is 14.4. The van der Waals surface area contributed by atoms with Crippen LogP contribution in [-0.2, 0) is 23.9 Å². The van der Waals surface area contributed by atoms with E-state index in [-0.39, 0.29) is 24.7 Å². The topological polar surface area (TPSA) is 125 Å². The molecule has 10 nitrogen and oxygen atoms in total. The minimum atomic E-state index is -0.753. The first-order valence-electron chi connectivity index (χ1n) is 8.79. The van der Waals surface area contributed by atoms with Crippen molar-refractivity contribution in [3.05, 3.63) is 0 Å². The number of piperazine rings is 1. The lowest BCUT2D eigenvalue weighted by molar-refractivity contribution is -0.150. The Hall–Kier alpha value is -2.65. The third-order valence-electron chi connectivity index (χ3n) is 3.73. The number of carbonyl (C=O) groups is 5. The minimum absolute atomic E-state index is 0.0277. The lowest BCUT2D eigenvalue weighted by Gasteiger charge is -2.34. The van der Waals surface area contributed by atoms with E-state index in [4.69, 9.17) is 4.74 Å². The SMILES string of the molecule is CC(=O)N1CCN(C(=O)CCC(=O)OCC(=O)NC(=O)NC(C)(C)C)CC1. The van der Waals surface area contributed by atoms with Crippen LogP contribution < -0.4 is 10.6 Å². The van der Waals surface area contributed by atoms with Crippen molar-refractivity contribution in [2.24, 2.45) is 0 Å². The standard InChI is InChI=1S/C17H28N4O6/c1-12(22)20-7-9-21(10-8-20)14(24)5-6-15(25)27-11-13(23)18-16(26)19-17(2,3)4/h5-11H2,1-4H3,(H2,18,19,23,26). The van der Waals surface area contributed by atoms with E-state index in [1.165, 1.54) is 6.92 Å². The number of urea groups is 1. The van der Waals surface area contributed by atoms with Gasteiger partial charge in [-0.15, -0.1) is 0 Å². The van der Waals surface area contributed by atoms with Crippen molar-refractivity contribution >= 4 is 29.7 Å². The zero-order chi connectivity index (χ0) is 20.6. The van der Waals surface area contributed by atoms with E-state index in [1.54, 1.807) is 30.6 Å². The first kappa shape index (κ1) is 22.4. The summed E-state index contributed by atoms with van der Waals surface area (Å²) in [4.78, 5) is 61.3. The summed E-state index contributed by atoms with van der Waals surface area (Å²) in [5.74, 6) is -1.68. The quantitative estimate of drug-likeness (QED) is 0.623. The van der Waals surface area contributed by atoms with E-state index >= 15 is 0 Å². The Kier molecular flexibility index (Phi) is 8.20.